The minimum atomic E-state index is -4.47. The highest BCUT2D eigenvalue weighted by atomic mass is 19.4. The topological polar surface area (TPSA) is 42.0 Å². The second-order valence-electron chi connectivity index (χ2n) is 5.33. The molecule has 122 valence electrons. The van der Waals surface area contributed by atoms with Crippen LogP contribution >= 0.6 is 0 Å². The molecule has 1 aromatic heterocycles. The summed E-state index contributed by atoms with van der Waals surface area (Å²) in [5.74, 6) is -0.535. The van der Waals surface area contributed by atoms with Gasteiger partial charge in [-0.15, -0.1) is 0 Å². The second kappa shape index (κ2) is 6.31. The van der Waals surface area contributed by atoms with Crippen LogP contribution < -0.4 is 5.32 Å². The molecule has 0 spiro atoms. The first kappa shape index (κ1) is 16.0. The highest BCUT2D eigenvalue weighted by Gasteiger charge is 2.30. The van der Waals surface area contributed by atoms with E-state index < -0.39 is 17.6 Å². The number of alkyl halides is 3. The Balaban J connectivity index is 1.73. The summed E-state index contributed by atoms with van der Waals surface area (Å²) in [7, 11) is 0. The molecule has 0 unspecified atom stereocenters. The number of nitrogens with zero attached hydrogens (tertiary/aromatic N) is 1. The van der Waals surface area contributed by atoms with Crippen LogP contribution in [0.5, 0.6) is 0 Å². The van der Waals surface area contributed by atoms with Gasteiger partial charge in [0.2, 0.25) is 5.91 Å². The van der Waals surface area contributed by atoms with Crippen LogP contribution in [0, 0.1) is 0 Å². The molecule has 24 heavy (non-hydrogen) atoms. The zero-order valence-corrected chi connectivity index (χ0v) is 12.5. The van der Waals surface area contributed by atoms with Crippen molar-refractivity contribution in [1.29, 1.82) is 0 Å². The summed E-state index contributed by atoms with van der Waals surface area (Å²) in [4.78, 5) is 15.8. The quantitative estimate of drug-likeness (QED) is 0.772. The van der Waals surface area contributed by atoms with E-state index in [-0.39, 0.29) is 12.2 Å². The van der Waals surface area contributed by atoms with Crippen LogP contribution in [0.4, 0.5) is 19.0 Å². The van der Waals surface area contributed by atoms with Gasteiger partial charge in [0, 0.05) is 6.20 Å². The lowest BCUT2D eigenvalue weighted by Gasteiger charge is -2.09. The molecule has 0 radical (unpaired) electrons. The molecule has 0 bridgehead atoms. The third-order valence-electron chi connectivity index (χ3n) is 3.53. The number of rotatable bonds is 3. The maximum absolute atomic E-state index is 12.7. The van der Waals surface area contributed by atoms with Crippen molar-refractivity contribution < 1.29 is 18.0 Å². The van der Waals surface area contributed by atoms with Crippen molar-refractivity contribution in [3.63, 3.8) is 0 Å². The monoisotopic (exact) mass is 330 g/mol. The molecule has 0 saturated heterocycles. The highest BCUT2D eigenvalue weighted by molar-refractivity contribution is 5.92. The first-order valence-corrected chi connectivity index (χ1v) is 7.22. The number of hydrogen-bond acceptors (Lipinski definition) is 2. The number of carbonyl (C=O) groups is 1. The molecule has 1 amide bonds. The predicted molar refractivity (Wildman–Crippen MR) is 85.5 cm³/mol. The van der Waals surface area contributed by atoms with Gasteiger partial charge in [0.25, 0.3) is 0 Å². The van der Waals surface area contributed by atoms with Crippen molar-refractivity contribution in [2.24, 2.45) is 0 Å². The van der Waals surface area contributed by atoms with E-state index in [1.54, 1.807) is 0 Å². The summed E-state index contributed by atoms with van der Waals surface area (Å²) < 4.78 is 38.0. The maximum atomic E-state index is 12.7. The number of benzene rings is 2. The molecular formula is C18H13F3N2O. The molecule has 0 aliphatic heterocycles. The average molecular weight is 330 g/mol. The van der Waals surface area contributed by atoms with E-state index in [4.69, 9.17) is 0 Å². The Morgan fingerprint density at radius 1 is 1.00 bits per heavy atom. The summed E-state index contributed by atoms with van der Waals surface area (Å²) in [6.45, 7) is 0. The number of hydrogen-bond donors (Lipinski definition) is 1. The predicted octanol–water partition coefficient (Wildman–Crippen LogP) is 4.43. The standard InChI is InChI=1S/C18H13F3N2O/c19-18(20,21)15-7-8-22-16(11-15)23-17(24)10-12-5-6-13-3-1-2-4-14(13)9-12/h1-9,11H,10H2,(H,22,23,24). The van der Waals surface area contributed by atoms with Crippen LogP contribution in [0.15, 0.2) is 60.8 Å². The van der Waals surface area contributed by atoms with Gasteiger partial charge in [0.05, 0.1) is 12.0 Å². The van der Waals surface area contributed by atoms with Gasteiger partial charge in [0.1, 0.15) is 5.82 Å². The van der Waals surface area contributed by atoms with Gasteiger partial charge in [-0.1, -0.05) is 42.5 Å². The van der Waals surface area contributed by atoms with Gasteiger partial charge in [0.15, 0.2) is 0 Å². The van der Waals surface area contributed by atoms with E-state index in [0.717, 1.165) is 34.7 Å². The lowest BCUT2D eigenvalue weighted by molar-refractivity contribution is -0.137. The van der Waals surface area contributed by atoms with E-state index in [2.05, 4.69) is 10.3 Å². The van der Waals surface area contributed by atoms with Gasteiger partial charge in [-0.3, -0.25) is 4.79 Å². The molecular weight excluding hydrogens is 317 g/mol. The molecule has 0 atom stereocenters. The lowest BCUT2D eigenvalue weighted by atomic mass is 10.0. The molecule has 6 heteroatoms. The Bertz CT molecular complexity index is 891. The molecule has 2 aromatic carbocycles. The largest absolute Gasteiger partial charge is 0.416 e. The molecule has 3 aromatic rings. The van der Waals surface area contributed by atoms with E-state index in [1.165, 1.54) is 0 Å². The van der Waals surface area contributed by atoms with Crippen molar-refractivity contribution in [1.82, 2.24) is 4.98 Å². The number of pyridine rings is 1. The smallest absolute Gasteiger partial charge is 0.310 e. The number of carbonyl (C=O) groups excluding carboxylic acids is 1. The van der Waals surface area contributed by atoms with Crippen molar-refractivity contribution in [3.8, 4) is 0 Å². The SMILES string of the molecule is O=C(Cc1ccc2ccccc2c1)Nc1cc(C(F)(F)F)ccn1. The molecule has 1 N–H and O–H groups in total. The molecule has 1 heterocycles. The first-order chi connectivity index (χ1) is 11.4. The van der Waals surface area contributed by atoms with Crippen LogP contribution in [0.1, 0.15) is 11.1 Å². The normalized spacial score (nSPS) is 11.5. The molecule has 0 saturated carbocycles. The van der Waals surface area contributed by atoms with Crippen LogP contribution in [0.2, 0.25) is 0 Å². The third kappa shape index (κ3) is 3.71. The minimum Gasteiger partial charge on any atom is -0.310 e. The van der Waals surface area contributed by atoms with Gasteiger partial charge in [-0.25, -0.2) is 4.98 Å². The summed E-state index contributed by atoms with van der Waals surface area (Å²) in [6, 6.07) is 15.0. The van der Waals surface area contributed by atoms with E-state index in [1.807, 2.05) is 42.5 Å². The molecule has 3 nitrogen and oxygen atoms in total. The fourth-order valence-corrected chi connectivity index (χ4v) is 2.40. The minimum absolute atomic E-state index is 0.0583. The fraction of sp³-hybridized carbons (Fsp3) is 0.111. The first-order valence-electron chi connectivity index (χ1n) is 7.22. The number of amides is 1. The van der Waals surface area contributed by atoms with Crippen LogP contribution in [-0.4, -0.2) is 10.9 Å². The number of aromatic nitrogens is 1. The van der Waals surface area contributed by atoms with Gasteiger partial charge in [-0.05, 0) is 28.5 Å². The zero-order valence-electron chi connectivity index (χ0n) is 12.5. The molecule has 0 aliphatic rings. The fourth-order valence-electron chi connectivity index (χ4n) is 2.40. The Labute approximate surface area is 136 Å². The summed E-state index contributed by atoms with van der Waals surface area (Å²) in [5, 5.41) is 4.46. The van der Waals surface area contributed by atoms with Crippen LogP contribution in [0.25, 0.3) is 10.8 Å². The van der Waals surface area contributed by atoms with E-state index in [9.17, 15) is 18.0 Å². The Kier molecular flexibility index (Phi) is 4.20. The van der Waals surface area contributed by atoms with Gasteiger partial charge >= 0.3 is 6.18 Å². The number of anilines is 1. The maximum Gasteiger partial charge on any atom is 0.416 e. The molecule has 3 rings (SSSR count). The number of halogens is 3. The van der Waals surface area contributed by atoms with Gasteiger partial charge < -0.3 is 5.32 Å². The van der Waals surface area contributed by atoms with Crippen molar-refractivity contribution >= 4 is 22.5 Å². The Hall–Kier alpha value is -2.89. The second-order valence-corrected chi connectivity index (χ2v) is 5.33. The van der Waals surface area contributed by atoms with Crippen LogP contribution in [-0.2, 0) is 17.4 Å². The van der Waals surface area contributed by atoms with Crippen LogP contribution in [0.3, 0.4) is 0 Å². The highest BCUT2D eigenvalue weighted by Crippen LogP contribution is 2.29. The van der Waals surface area contributed by atoms with E-state index >= 15 is 0 Å². The number of fused-ring (bicyclic) bond motifs is 1. The van der Waals surface area contributed by atoms with Gasteiger partial charge in [-0.2, -0.15) is 13.2 Å². The molecule has 0 aliphatic carbocycles. The van der Waals surface area contributed by atoms with Crippen molar-refractivity contribution in [2.45, 2.75) is 12.6 Å². The Morgan fingerprint density at radius 2 is 1.75 bits per heavy atom. The summed E-state index contributed by atoms with van der Waals surface area (Å²) >= 11 is 0. The summed E-state index contributed by atoms with van der Waals surface area (Å²) in [5.41, 5.74) is -0.0725. The average Bonchev–Trinajstić information content (AvgIpc) is 2.54. The third-order valence-corrected chi connectivity index (χ3v) is 3.53. The number of nitrogens with one attached hydrogen (secondary N) is 1. The van der Waals surface area contributed by atoms with Crippen molar-refractivity contribution in [2.75, 3.05) is 5.32 Å². The zero-order chi connectivity index (χ0) is 17.2. The summed E-state index contributed by atoms with van der Waals surface area (Å²) in [6.07, 6.45) is -3.39. The molecule has 0 fully saturated rings. The Morgan fingerprint density at radius 3 is 2.50 bits per heavy atom. The van der Waals surface area contributed by atoms with Crippen molar-refractivity contribution in [3.05, 3.63) is 71.9 Å². The van der Waals surface area contributed by atoms with E-state index in [0.29, 0.717) is 0 Å². The lowest BCUT2D eigenvalue weighted by Crippen LogP contribution is -2.16.